The number of benzene rings is 1. The first-order chi connectivity index (χ1) is 11.2. The zero-order chi connectivity index (χ0) is 16.1. The monoisotopic (exact) mass is 332 g/mol. The summed E-state index contributed by atoms with van der Waals surface area (Å²) in [6, 6.07) is 8.01. The van der Waals surface area contributed by atoms with Gasteiger partial charge in [-0.25, -0.2) is 4.68 Å². The Balaban J connectivity index is 1.51. The Morgan fingerprint density at radius 1 is 1.22 bits per heavy atom. The number of amides is 1. The number of nitrogen functional groups attached to an aromatic ring is 1. The van der Waals surface area contributed by atoms with E-state index in [1.165, 1.54) is 47.7 Å². The molecule has 7 nitrogen and oxygen atoms in total. The van der Waals surface area contributed by atoms with Gasteiger partial charge in [-0.15, -0.1) is 10.2 Å². The Morgan fingerprint density at radius 2 is 1.96 bits per heavy atom. The number of rotatable bonds is 5. The normalized spacial score (nSPS) is 14.7. The second kappa shape index (κ2) is 7.36. The number of anilines is 2. The van der Waals surface area contributed by atoms with Gasteiger partial charge in [0.2, 0.25) is 11.1 Å². The minimum atomic E-state index is -0.0938. The summed E-state index contributed by atoms with van der Waals surface area (Å²) in [6.45, 7) is 2.23. The number of nitrogens with zero attached hydrogens (tertiary/aromatic N) is 4. The molecule has 0 unspecified atom stereocenters. The lowest BCUT2D eigenvalue weighted by Gasteiger charge is -2.28. The largest absolute Gasteiger partial charge is 0.372 e. The van der Waals surface area contributed by atoms with Gasteiger partial charge in [0.05, 0.1) is 5.75 Å². The van der Waals surface area contributed by atoms with Gasteiger partial charge in [0.15, 0.2) is 0 Å². The van der Waals surface area contributed by atoms with Crippen LogP contribution in [0.2, 0.25) is 0 Å². The maximum Gasteiger partial charge on any atom is 0.234 e. The number of nitrogens with two attached hydrogens (primary N) is 1. The number of hydrogen-bond donors (Lipinski definition) is 2. The minimum Gasteiger partial charge on any atom is -0.372 e. The molecular weight excluding hydrogens is 312 g/mol. The van der Waals surface area contributed by atoms with E-state index in [0.717, 1.165) is 18.8 Å². The Hall–Kier alpha value is -2.22. The summed E-state index contributed by atoms with van der Waals surface area (Å²) >= 11 is 1.25. The minimum absolute atomic E-state index is 0.0938. The van der Waals surface area contributed by atoms with Gasteiger partial charge in [0.25, 0.3) is 0 Å². The molecule has 0 radical (unpaired) electrons. The Labute approximate surface area is 139 Å². The molecule has 1 saturated heterocycles. The topological polar surface area (TPSA) is 89.1 Å². The molecule has 0 aliphatic carbocycles. The highest BCUT2D eigenvalue weighted by Crippen LogP contribution is 2.22. The van der Waals surface area contributed by atoms with E-state index in [1.54, 1.807) is 0 Å². The van der Waals surface area contributed by atoms with E-state index >= 15 is 0 Å². The third kappa shape index (κ3) is 4.16. The number of thioether (sulfide) groups is 1. The third-order valence-electron chi connectivity index (χ3n) is 3.74. The number of carbonyl (C=O) groups is 1. The van der Waals surface area contributed by atoms with Gasteiger partial charge in [-0.2, -0.15) is 0 Å². The summed E-state index contributed by atoms with van der Waals surface area (Å²) < 4.78 is 1.30. The predicted molar refractivity (Wildman–Crippen MR) is 92.0 cm³/mol. The van der Waals surface area contributed by atoms with Gasteiger partial charge in [0.1, 0.15) is 6.33 Å². The van der Waals surface area contributed by atoms with Crippen LogP contribution in [0.5, 0.6) is 0 Å². The molecule has 3 rings (SSSR count). The van der Waals surface area contributed by atoms with Gasteiger partial charge in [0, 0.05) is 24.5 Å². The molecule has 2 heterocycles. The van der Waals surface area contributed by atoms with Crippen molar-refractivity contribution >= 4 is 29.0 Å². The van der Waals surface area contributed by atoms with Crippen LogP contribution in [0.4, 0.5) is 11.4 Å². The molecule has 0 bridgehead atoms. The summed E-state index contributed by atoms with van der Waals surface area (Å²) in [5.74, 6) is 5.75. The van der Waals surface area contributed by atoms with Gasteiger partial charge < -0.3 is 16.1 Å². The first-order valence-electron chi connectivity index (χ1n) is 7.65. The van der Waals surface area contributed by atoms with Crippen LogP contribution in [0, 0.1) is 0 Å². The molecule has 0 atom stereocenters. The molecular formula is C15H20N6OS. The quantitative estimate of drug-likeness (QED) is 0.640. The summed E-state index contributed by atoms with van der Waals surface area (Å²) in [6.07, 6.45) is 5.22. The van der Waals surface area contributed by atoms with Crippen molar-refractivity contribution in [1.29, 1.82) is 0 Å². The highest BCUT2D eigenvalue weighted by Gasteiger charge is 2.11. The van der Waals surface area contributed by atoms with E-state index in [-0.39, 0.29) is 11.7 Å². The van der Waals surface area contributed by atoms with Crippen molar-refractivity contribution in [2.45, 2.75) is 24.4 Å². The zero-order valence-corrected chi connectivity index (χ0v) is 13.6. The molecule has 1 amide bonds. The van der Waals surface area contributed by atoms with E-state index in [9.17, 15) is 4.79 Å². The SMILES string of the molecule is Nn1cnnc1SCC(=O)Nc1ccc(N2CCCCC2)cc1. The molecule has 8 heteroatoms. The molecule has 0 spiro atoms. The molecule has 2 aromatic rings. The van der Waals surface area contributed by atoms with Crippen molar-refractivity contribution in [3.05, 3.63) is 30.6 Å². The maximum atomic E-state index is 12.0. The standard InChI is InChI=1S/C15H20N6OS/c16-21-11-17-19-15(21)23-10-14(22)18-12-4-6-13(7-5-12)20-8-2-1-3-9-20/h4-7,11H,1-3,8-10,16H2,(H,18,22). The number of nitrogens with one attached hydrogen (secondary N) is 1. The highest BCUT2D eigenvalue weighted by atomic mass is 32.2. The average molecular weight is 332 g/mol. The van der Waals surface area contributed by atoms with Crippen molar-refractivity contribution < 1.29 is 4.79 Å². The fourth-order valence-corrected chi connectivity index (χ4v) is 3.20. The highest BCUT2D eigenvalue weighted by molar-refractivity contribution is 7.99. The molecule has 1 aliphatic heterocycles. The summed E-state index contributed by atoms with van der Waals surface area (Å²) in [5.41, 5.74) is 2.01. The number of carbonyl (C=O) groups excluding carboxylic acids is 1. The van der Waals surface area contributed by atoms with Crippen molar-refractivity contribution in [2.75, 3.05) is 34.9 Å². The lowest BCUT2D eigenvalue weighted by Crippen LogP contribution is -2.29. The van der Waals surface area contributed by atoms with Gasteiger partial charge >= 0.3 is 0 Å². The molecule has 122 valence electrons. The molecule has 0 saturated carbocycles. The van der Waals surface area contributed by atoms with E-state index in [2.05, 4.69) is 32.5 Å². The predicted octanol–water partition coefficient (Wildman–Crippen LogP) is 1.71. The number of piperidine rings is 1. The van der Waals surface area contributed by atoms with Gasteiger partial charge in [-0.3, -0.25) is 4.79 Å². The van der Waals surface area contributed by atoms with Crippen LogP contribution in [-0.2, 0) is 4.79 Å². The van der Waals surface area contributed by atoms with E-state index in [4.69, 9.17) is 5.84 Å². The smallest absolute Gasteiger partial charge is 0.234 e. The molecule has 23 heavy (non-hydrogen) atoms. The second-order valence-corrected chi connectivity index (χ2v) is 6.39. The lowest BCUT2D eigenvalue weighted by molar-refractivity contribution is -0.113. The molecule has 1 aliphatic rings. The van der Waals surface area contributed by atoms with Gasteiger partial charge in [-0.05, 0) is 43.5 Å². The number of aromatic nitrogens is 3. The average Bonchev–Trinajstić information content (AvgIpc) is 3.00. The zero-order valence-electron chi connectivity index (χ0n) is 12.8. The molecule has 1 aromatic heterocycles. The number of hydrogen-bond acceptors (Lipinski definition) is 6. The van der Waals surface area contributed by atoms with Crippen LogP contribution in [0.15, 0.2) is 35.7 Å². The lowest BCUT2D eigenvalue weighted by atomic mass is 10.1. The van der Waals surface area contributed by atoms with Crippen molar-refractivity contribution in [3.8, 4) is 0 Å². The van der Waals surface area contributed by atoms with E-state index < -0.39 is 0 Å². The van der Waals surface area contributed by atoms with Gasteiger partial charge in [-0.1, -0.05) is 11.8 Å². The van der Waals surface area contributed by atoms with Crippen LogP contribution < -0.4 is 16.1 Å². The van der Waals surface area contributed by atoms with Crippen molar-refractivity contribution in [1.82, 2.24) is 14.9 Å². The summed E-state index contributed by atoms with van der Waals surface area (Å²) in [4.78, 5) is 14.4. The molecule has 1 fully saturated rings. The van der Waals surface area contributed by atoms with Crippen LogP contribution in [0.1, 0.15) is 19.3 Å². The fraction of sp³-hybridized carbons (Fsp3) is 0.400. The Kier molecular flexibility index (Phi) is 5.02. The van der Waals surface area contributed by atoms with Crippen LogP contribution in [0.3, 0.4) is 0 Å². The Bertz CT molecular complexity index is 650. The van der Waals surface area contributed by atoms with Crippen molar-refractivity contribution in [3.63, 3.8) is 0 Å². The summed E-state index contributed by atoms with van der Waals surface area (Å²) in [7, 11) is 0. The first kappa shape index (κ1) is 15.7. The summed E-state index contributed by atoms with van der Waals surface area (Å²) in [5, 5.41) is 10.9. The maximum absolute atomic E-state index is 12.0. The van der Waals surface area contributed by atoms with Crippen LogP contribution in [-0.4, -0.2) is 39.6 Å². The van der Waals surface area contributed by atoms with Crippen LogP contribution >= 0.6 is 11.8 Å². The fourth-order valence-electron chi connectivity index (χ4n) is 2.57. The first-order valence-corrected chi connectivity index (χ1v) is 8.64. The third-order valence-corrected chi connectivity index (χ3v) is 4.70. The molecule has 1 aromatic carbocycles. The Morgan fingerprint density at radius 3 is 2.61 bits per heavy atom. The van der Waals surface area contributed by atoms with E-state index in [1.807, 2.05) is 12.1 Å². The van der Waals surface area contributed by atoms with Crippen LogP contribution in [0.25, 0.3) is 0 Å². The molecule has 3 N–H and O–H groups in total. The van der Waals surface area contributed by atoms with Crippen molar-refractivity contribution in [2.24, 2.45) is 0 Å². The van der Waals surface area contributed by atoms with E-state index in [0.29, 0.717) is 5.16 Å². The second-order valence-electron chi connectivity index (χ2n) is 5.45.